The third-order valence-electron chi connectivity index (χ3n) is 3.47. The van der Waals surface area contributed by atoms with E-state index in [2.05, 4.69) is 9.88 Å². The minimum absolute atomic E-state index is 0.149. The average molecular weight is 392 g/mol. The lowest BCUT2D eigenvalue weighted by atomic mass is 10.2. The highest BCUT2D eigenvalue weighted by molar-refractivity contribution is 7.93. The lowest BCUT2D eigenvalue weighted by Crippen LogP contribution is -2.14. The van der Waals surface area contributed by atoms with Crippen LogP contribution >= 0.6 is 11.3 Å². The first kappa shape index (κ1) is 18.2. The molecule has 0 aliphatic carbocycles. The van der Waals surface area contributed by atoms with E-state index < -0.39 is 16.0 Å². The number of sulfonamides is 1. The number of thiophene rings is 1. The number of nitrogens with zero attached hydrogens (tertiary/aromatic N) is 1. The van der Waals surface area contributed by atoms with E-state index in [4.69, 9.17) is 9.26 Å². The summed E-state index contributed by atoms with van der Waals surface area (Å²) in [5, 5.41) is 3.63. The van der Waals surface area contributed by atoms with Crippen molar-refractivity contribution in [3.8, 4) is 10.6 Å². The van der Waals surface area contributed by atoms with Gasteiger partial charge in [0.15, 0.2) is 5.76 Å². The fourth-order valence-corrected chi connectivity index (χ4v) is 4.93. The Balaban J connectivity index is 1.88. The minimum Gasteiger partial charge on any atom is -0.462 e. The Hall–Kier alpha value is -2.65. The zero-order valence-electron chi connectivity index (χ0n) is 14.1. The van der Waals surface area contributed by atoms with E-state index in [9.17, 15) is 13.2 Å². The maximum atomic E-state index is 12.7. The van der Waals surface area contributed by atoms with Gasteiger partial charge in [-0.15, -0.1) is 11.3 Å². The van der Waals surface area contributed by atoms with E-state index in [0.29, 0.717) is 15.5 Å². The normalized spacial score (nSPS) is 11.3. The molecular weight excluding hydrogens is 376 g/mol. The lowest BCUT2D eigenvalue weighted by molar-refractivity contribution is 0.0526. The molecule has 0 aliphatic heterocycles. The Bertz CT molecular complexity index is 1020. The molecule has 0 saturated carbocycles. The molecule has 1 aromatic carbocycles. The molecular formula is C17H16N2O5S2. The van der Waals surface area contributed by atoms with Gasteiger partial charge in [0.2, 0.25) is 0 Å². The van der Waals surface area contributed by atoms with Crippen molar-refractivity contribution in [1.82, 2.24) is 5.16 Å². The number of ether oxygens (including phenoxy) is 1. The quantitative estimate of drug-likeness (QED) is 0.643. The van der Waals surface area contributed by atoms with Crippen molar-refractivity contribution in [2.24, 2.45) is 0 Å². The van der Waals surface area contributed by atoms with Gasteiger partial charge in [-0.05, 0) is 38.1 Å². The number of hydrogen-bond donors (Lipinski definition) is 1. The van der Waals surface area contributed by atoms with Crippen molar-refractivity contribution in [3.05, 3.63) is 53.0 Å². The summed E-state index contributed by atoms with van der Waals surface area (Å²) < 4.78 is 38.0. The number of anilines is 1. The molecule has 3 rings (SSSR count). The summed E-state index contributed by atoms with van der Waals surface area (Å²) in [6, 6.07) is 9.36. The van der Waals surface area contributed by atoms with Gasteiger partial charge in [-0.3, -0.25) is 4.72 Å². The Kier molecular flexibility index (Phi) is 5.10. The van der Waals surface area contributed by atoms with Crippen LogP contribution in [0, 0.1) is 6.92 Å². The van der Waals surface area contributed by atoms with Crippen LogP contribution in [0.1, 0.15) is 22.2 Å². The smallest absolute Gasteiger partial charge is 0.338 e. The van der Waals surface area contributed by atoms with Crippen molar-refractivity contribution in [2.45, 2.75) is 18.7 Å². The van der Waals surface area contributed by atoms with Crippen LogP contribution in [0.2, 0.25) is 0 Å². The Morgan fingerprint density at radius 1 is 1.31 bits per heavy atom. The highest BCUT2D eigenvalue weighted by Gasteiger charge is 2.22. The van der Waals surface area contributed by atoms with Gasteiger partial charge < -0.3 is 9.26 Å². The second kappa shape index (κ2) is 7.30. The summed E-state index contributed by atoms with van der Waals surface area (Å²) in [4.78, 5) is 13.2. The van der Waals surface area contributed by atoms with Gasteiger partial charge in [0, 0.05) is 16.6 Å². The number of hydrogen-bond acceptors (Lipinski definition) is 7. The number of aryl methyl sites for hydroxylation is 1. The molecule has 26 heavy (non-hydrogen) atoms. The summed E-state index contributed by atoms with van der Waals surface area (Å²) in [5.41, 5.74) is 0.554. The molecule has 2 aromatic heterocycles. The third-order valence-corrected chi connectivity index (χ3v) is 6.17. The molecule has 0 aliphatic rings. The largest absolute Gasteiger partial charge is 0.462 e. The van der Waals surface area contributed by atoms with Crippen LogP contribution in [0.25, 0.3) is 10.6 Å². The van der Waals surface area contributed by atoms with Crippen molar-refractivity contribution in [3.63, 3.8) is 0 Å². The lowest BCUT2D eigenvalue weighted by Gasteiger charge is -2.09. The molecule has 7 nitrogen and oxygen atoms in total. The van der Waals surface area contributed by atoms with Crippen molar-refractivity contribution >= 4 is 33.0 Å². The van der Waals surface area contributed by atoms with E-state index in [1.165, 1.54) is 29.7 Å². The predicted molar refractivity (Wildman–Crippen MR) is 97.8 cm³/mol. The summed E-state index contributed by atoms with van der Waals surface area (Å²) >= 11 is 1.30. The fourth-order valence-electron chi connectivity index (χ4n) is 2.33. The molecule has 2 heterocycles. The molecule has 0 atom stereocenters. The van der Waals surface area contributed by atoms with Crippen LogP contribution in [0.4, 0.5) is 5.69 Å². The van der Waals surface area contributed by atoms with Crippen LogP contribution < -0.4 is 4.72 Å². The first-order valence-electron chi connectivity index (χ1n) is 7.72. The summed E-state index contributed by atoms with van der Waals surface area (Å²) in [7, 11) is -3.82. The average Bonchev–Trinajstić information content (AvgIpc) is 3.24. The standard InChI is InChI=1S/C17H16N2O5S2/c1-3-23-17(20)12-5-4-6-13(9-12)19-26(21,22)16-10-15(25-11(16)2)14-7-8-18-24-14/h4-10,19H,3H2,1-2H3. The number of rotatable bonds is 6. The van der Waals surface area contributed by atoms with Crippen LogP contribution in [0.15, 0.2) is 52.0 Å². The highest BCUT2D eigenvalue weighted by atomic mass is 32.2. The monoisotopic (exact) mass is 392 g/mol. The van der Waals surface area contributed by atoms with Gasteiger partial charge in [-0.25, -0.2) is 13.2 Å². The molecule has 0 fully saturated rings. The van der Waals surface area contributed by atoms with Crippen LogP contribution in [0.5, 0.6) is 0 Å². The molecule has 0 spiro atoms. The second-order valence-electron chi connectivity index (χ2n) is 5.31. The van der Waals surface area contributed by atoms with E-state index in [1.54, 1.807) is 38.1 Å². The summed E-state index contributed by atoms with van der Waals surface area (Å²) in [5.74, 6) is -0.00303. The molecule has 0 bridgehead atoms. The number of nitrogens with one attached hydrogen (secondary N) is 1. The Morgan fingerprint density at radius 2 is 2.12 bits per heavy atom. The number of carbonyl (C=O) groups is 1. The van der Waals surface area contributed by atoms with Crippen molar-refractivity contribution in [1.29, 1.82) is 0 Å². The molecule has 0 saturated heterocycles. The Morgan fingerprint density at radius 3 is 2.81 bits per heavy atom. The molecule has 9 heteroatoms. The van der Waals surface area contributed by atoms with Crippen molar-refractivity contribution < 1.29 is 22.5 Å². The summed E-state index contributed by atoms with van der Waals surface area (Å²) in [6.45, 7) is 3.66. The molecule has 0 unspecified atom stereocenters. The maximum Gasteiger partial charge on any atom is 0.338 e. The van der Waals surface area contributed by atoms with Gasteiger partial charge in [0.1, 0.15) is 4.90 Å². The number of esters is 1. The molecule has 0 radical (unpaired) electrons. The minimum atomic E-state index is -3.82. The molecule has 3 aromatic rings. The number of aromatic nitrogens is 1. The SMILES string of the molecule is CCOC(=O)c1cccc(NS(=O)(=O)c2cc(-c3ccno3)sc2C)c1. The van der Waals surface area contributed by atoms with Crippen LogP contribution in [0.3, 0.4) is 0 Å². The van der Waals surface area contributed by atoms with E-state index >= 15 is 0 Å². The van der Waals surface area contributed by atoms with Gasteiger partial charge in [0.05, 0.1) is 23.2 Å². The zero-order chi connectivity index (χ0) is 18.7. The van der Waals surface area contributed by atoms with E-state index in [-0.39, 0.29) is 22.8 Å². The first-order chi connectivity index (χ1) is 12.4. The fraction of sp³-hybridized carbons (Fsp3) is 0.176. The Labute approximate surface area is 154 Å². The molecule has 136 valence electrons. The molecule has 0 amide bonds. The van der Waals surface area contributed by atoms with Crippen molar-refractivity contribution in [2.75, 3.05) is 11.3 Å². The highest BCUT2D eigenvalue weighted by Crippen LogP contribution is 2.34. The van der Waals surface area contributed by atoms with E-state index in [1.807, 2.05) is 0 Å². The van der Waals surface area contributed by atoms with Gasteiger partial charge in [0.25, 0.3) is 10.0 Å². The topological polar surface area (TPSA) is 98.5 Å². The maximum absolute atomic E-state index is 12.7. The van der Waals surface area contributed by atoms with Gasteiger partial charge >= 0.3 is 5.97 Å². The zero-order valence-corrected chi connectivity index (χ0v) is 15.7. The first-order valence-corrected chi connectivity index (χ1v) is 10.0. The third kappa shape index (κ3) is 3.78. The molecule has 1 N–H and O–H groups in total. The van der Waals surface area contributed by atoms with E-state index in [0.717, 1.165) is 0 Å². The van der Waals surface area contributed by atoms with Gasteiger partial charge in [-0.1, -0.05) is 11.2 Å². The van der Waals surface area contributed by atoms with Crippen LogP contribution in [-0.4, -0.2) is 26.2 Å². The predicted octanol–water partition coefficient (Wildman–Crippen LogP) is 3.69. The number of benzene rings is 1. The number of carbonyl (C=O) groups excluding carboxylic acids is 1. The second-order valence-corrected chi connectivity index (χ2v) is 8.22. The van der Waals surface area contributed by atoms with Crippen LogP contribution in [-0.2, 0) is 14.8 Å². The van der Waals surface area contributed by atoms with Gasteiger partial charge in [-0.2, -0.15) is 0 Å². The summed E-state index contributed by atoms with van der Waals surface area (Å²) in [6.07, 6.45) is 1.50.